The van der Waals surface area contributed by atoms with Crippen molar-refractivity contribution in [2.75, 3.05) is 26.4 Å². The molecule has 0 bridgehead atoms. The van der Waals surface area contributed by atoms with Crippen LogP contribution in [0.3, 0.4) is 0 Å². The summed E-state index contributed by atoms with van der Waals surface area (Å²) in [4.78, 5) is 0. The quantitative estimate of drug-likeness (QED) is 0.687. The Morgan fingerprint density at radius 1 is 0.720 bits per heavy atom. The minimum atomic E-state index is 0.351. The molecular formula is C21H26O4. The van der Waals surface area contributed by atoms with Crippen molar-refractivity contribution in [2.24, 2.45) is 0 Å². The summed E-state index contributed by atoms with van der Waals surface area (Å²) in [5.41, 5.74) is 2.44. The minimum Gasteiger partial charge on any atom is -0.376 e. The first-order valence-electron chi connectivity index (χ1n) is 8.86. The molecule has 134 valence electrons. The van der Waals surface area contributed by atoms with Gasteiger partial charge in [0.2, 0.25) is 0 Å². The van der Waals surface area contributed by atoms with Crippen LogP contribution in [0.25, 0.3) is 0 Å². The fraction of sp³-hybridized carbons (Fsp3) is 0.429. The van der Waals surface area contributed by atoms with E-state index in [0.29, 0.717) is 25.4 Å². The van der Waals surface area contributed by atoms with Crippen LogP contribution in [0.5, 0.6) is 0 Å². The Hall–Kier alpha value is -1.72. The number of epoxide rings is 1. The van der Waals surface area contributed by atoms with E-state index in [-0.39, 0.29) is 0 Å². The molecule has 25 heavy (non-hydrogen) atoms. The zero-order valence-corrected chi connectivity index (χ0v) is 14.5. The first-order valence-corrected chi connectivity index (χ1v) is 8.86. The molecule has 0 spiro atoms. The van der Waals surface area contributed by atoms with Gasteiger partial charge in [-0.05, 0) is 17.5 Å². The van der Waals surface area contributed by atoms with Crippen molar-refractivity contribution in [1.29, 1.82) is 0 Å². The van der Waals surface area contributed by atoms with Gasteiger partial charge in [0.25, 0.3) is 0 Å². The van der Waals surface area contributed by atoms with Gasteiger partial charge >= 0.3 is 0 Å². The van der Waals surface area contributed by atoms with Crippen molar-refractivity contribution >= 4 is 0 Å². The molecule has 0 amide bonds. The number of hydrogen-bond acceptors (Lipinski definition) is 4. The van der Waals surface area contributed by atoms with Crippen molar-refractivity contribution in [3.05, 3.63) is 71.8 Å². The molecule has 2 atom stereocenters. The highest BCUT2D eigenvalue weighted by Crippen LogP contribution is 2.12. The van der Waals surface area contributed by atoms with Crippen molar-refractivity contribution in [2.45, 2.75) is 31.8 Å². The number of ether oxygens (including phenoxy) is 4. The lowest BCUT2D eigenvalue weighted by Gasteiger charge is -2.25. The van der Waals surface area contributed by atoms with Crippen LogP contribution in [-0.2, 0) is 32.2 Å². The maximum absolute atomic E-state index is 5.50. The molecule has 2 saturated heterocycles. The van der Waals surface area contributed by atoms with Crippen molar-refractivity contribution in [3.8, 4) is 0 Å². The van der Waals surface area contributed by atoms with E-state index in [1.807, 2.05) is 36.4 Å². The molecule has 2 aliphatic heterocycles. The second-order valence-electron chi connectivity index (χ2n) is 6.24. The van der Waals surface area contributed by atoms with Gasteiger partial charge in [-0.1, -0.05) is 60.7 Å². The lowest BCUT2D eigenvalue weighted by Crippen LogP contribution is -2.31. The van der Waals surface area contributed by atoms with E-state index in [1.165, 1.54) is 11.1 Å². The van der Waals surface area contributed by atoms with Gasteiger partial charge < -0.3 is 18.9 Å². The van der Waals surface area contributed by atoms with Gasteiger partial charge in [0.15, 0.2) is 0 Å². The van der Waals surface area contributed by atoms with Gasteiger partial charge in [0.1, 0.15) is 6.10 Å². The summed E-state index contributed by atoms with van der Waals surface area (Å²) in [5, 5.41) is 0. The van der Waals surface area contributed by atoms with Crippen LogP contribution in [0, 0.1) is 0 Å². The molecule has 2 fully saturated rings. The minimum absolute atomic E-state index is 0.351. The van der Waals surface area contributed by atoms with Crippen LogP contribution < -0.4 is 0 Å². The van der Waals surface area contributed by atoms with Gasteiger partial charge in [0, 0.05) is 6.61 Å². The standard InChI is InChI=1S/C11H14O2.C10H12O2/c1-2-4-10(5-3-1)8-12-9-11-6-7-13-11;1-2-4-9(5-3-1)6-11-7-10-8-12-10/h1-5,11H,6-9H2;1-5,10H,6-8H2/t11-;10-/m01/s1. The first-order chi connectivity index (χ1) is 12.4. The lowest BCUT2D eigenvalue weighted by atomic mass is 10.2. The third kappa shape index (κ3) is 7.36. The zero-order valence-electron chi connectivity index (χ0n) is 14.5. The number of rotatable bonds is 8. The maximum Gasteiger partial charge on any atom is 0.104 e. The number of benzene rings is 2. The van der Waals surface area contributed by atoms with Crippen LogP contribution in [0.4, 0.5) is 0 Å². The second kappa shape index (κ2) is 10.3. The normalized spacial score (nSPS) is 21.0. The Morgan fingerprint density at radius 2 is 1.20 bits per heavy atom. The van der Waals surface area contributed by atoms with Crippen LogP contribution in [0.1, 0.15) is 17.5 Å². The summed E-state index contributed by atoms with van der Waals surface area (Å²) in [5.74, 6) is 0. The summed E-state index contributed by atoms with van der Waals surface area (Å²) in [6.45, 7) is 4.62. The fourth-order valence-corrected chi connectivity index (χ4v) is 2.35. The lowest BCUT2D eigenvalue weighted by molar-refractivity contribution is -0.0967. The molecule has 2 aromatic carbocycles. The second-order valence-corrected chi connectivity index (χ2v) is 6.24. The molecule has 0 aliphatic carbocycles. The maximum atomic E-state index is 5.50. The summed E-state index contributed by atoms with van der Waals surface area (Å²) >= 11 is 0. The zero-order chi connectivity index (χ0) is 17.2. The average Bonchev–Trinajstić information content (AvgIpc) is 3.44. The van der Waals surface area contributed by atoms with E-state index in [2.05, 4.69) is 24.3 Å². The molecule has 4 nitrogen and oxygen atoms in total. The molecule has 0 radical (unpaired) electrons. The topological polar surface area (TPSA) is 40.2 Å². The molecule has 2 aromatic rings. The fourth-order valence-electron chi connectivity index (χ4n) is 2.35. The Kier molecular flexibility index (Phi) is 7.46. The summed E-state index contributed by atoms with van der Waals surface area (Å²) in [7, 11) is 0. The van der Waals surface area contributed by atoms with Crippen LogP contribution in [-0.4, -0.2) is 38.6 Å². The van der Waals surface area contributed by atoms with E-state index in [9.17, 15) is 0 Å². The summed E-state index contributed by atoms with van der Waals surface area (Å²) < 4.78 is 21.2. The van der Waals surface area contributed by atoms with Crippen LogP contribution in [0.2, 0.25) is 0 Å². The molecule has 0 saturated carbocycles. The molecular weight excluding hydrogens is 316 g/mol. The van der Waals surface area contributed by atoms with Crippen molar-refractivity contribution < 1.29 is 18.9 Å². The molecule has 0 aromatic heterocycles. The third-order valence-electron chi connectivity index (χ3n) is 4.03. The van der Waals surface area contributed by atoms with Gasteiger partial charge in [0.05, 0.1) is 39.1 Å². The van der Waals surface area contributed by atoms with E-state index in [1.54, 1.807) is 0 Å². The first kappa shape index (κ1) is 18.1. The van der Waals surface area contributed by atoms with Gasteiger partial charge in [-0.2, -0.15) is 0 Å². The molecule has 2 aliphatic rings. The summed E-state index contributed by atoms with van der Waals surface area (Å²) in [6, 6.07) is 20.4. The third-order valence-corrected chi connectivity index (χ3v) is 4.03. The molecule has 2 heterocycles. The van der Waals surface area contributed by atoms with E-state index in [0.717, 1.165) is 32.8 Å². The Labute approximate surface area is 149 Å². The Balaban J connectivity index is 0.000000146. The predicted octanol–water partition coefficient (Wildman–Crippen LogP) is 3.59. The highest BCUT2D eigenvalue weighted by molar-refractivity contribution is 5.14. The van der Waals surface area contributed by atoms with Gasteiger partial charge in [-0.15, -0.1) is 0 Å². The molecule has 0 N–H and O–H groups in total. The monoisotopic (exact) mass is 342 g/mol. The Morgan fingerprint density at radius 3 is 1.60 bits per heavy atom. The smallest absolute Gasteiger partial charge is 0.104 e. The van der Waals surface area contributed by atoms with Gasteiger partial charge in [-0.3, -0.25) is 0 Å². The van der Waals surface area contributed by atoms with E-state index in [4.69, 9.17) is 18.9 Å². The molecule has 4 heteroatoms. The molecule has 0 unspecified atom stereocenters. The average molecular weight is 342 g/mol. The highest BCUT2D eigenvalue weighted by atomic mass is 16.6. The molecule has 4 rings (SSSR count). The summed E-state index contributed by atoms with van der Waals surface area (Å²) in [6.07, 6.45) is 1.87. The Bertz CT molecular complexity index is 579. The van der Waals surface area contributed by atoms with E-state index >= 15 is 0 Å². The largest absolute Gasteiger partial charge is 0.376 e. The van der Waals surface area contributed by atoms with Gasteiger partial charge in [-0.25, -0.2) is 0 Å². The van der Waals surface area contributed by atoms with Crippen LogP contribution in [0.15, 0.2) is 60.7 Å². The van der Waals surface area contributed by atoms with Crippen LogP contribution >= 0.6 is 0 Å². The van der Waals surface area contributed by atoms with Crippen molar-refractivity contribution in [3.63, 3.8) is 0 Å². The highest BCUT2D eigenvalue weighted by Gasteiger charge is 2.22. The predicted molar refractivity (Wildman–Crippen MR) is 96.3 cm³/mol. The van der Waals surface area contributed by atoms with Crippen molar-refractivity contribution in [1.82, 2.24) is 0 Å². The number of hydrogen-bond donors (Lipinski definition) is 0. The SMILES string of the molecule is c1ccc(COC[C@@H]2CCO2)cc1.c1ccc(COC[C@@H]2CO2)cc1. The van der Waals surface area contributed by atoms with E-state index < -0.39 is 0 Å².